The minimum absolute atomic E-state index is 0.00768. The molecule has 0 bridgehead atoms. The number of hydrogen-bond acceptors (Lipinski definition) is 9. The molecular weight excluding hydrogens is 775 g/mol. The first-order valence-corrected chi connectivity index (χ1v) is 20.7. The quantitative estimate of drug-likeness (QED) is 0.0734. The predicted molar refractivity (Wildman–Crippen MR) is 234 cm³/mol. The smallest absolute Gasteiger partial charge is 0.407 e. The summed E-state index contributed by atoms with van der Waals surface area (Å²) >= 11 is 0. The van der Waals surface area contributed by atoms with Crippen LogP contribution in [0.4, 0.5) is 4.79 Å². The monoisotopic (exact) mass is 833 g/mol. The molecule has 2 aromatic carbocycles. The fourth-order valence-electron chi connectivity index (χ4n) is 7.40. The lowest BCUT2D eigenvalue weighted by Crippen LogP contribution is -2.57. The number of aromatic hydroxyl groups is 1. The van der Waals surface area contributed by atoms with Crippen molar-refractivity contribution in [3.05, 3.63) is 136 Å². The lowest BCUT2D eigenvalue weighted by atomic mass is 9.85. The molecule has 3 amide bonds. The summed E-state index contributed by atoms with van der Waals surface area (Å²) in [5, 5.41) is 32.0. The van der Waals surface area contributed by atoms with Crippen molar-refractivity contribution in [3.63, 3.8) is 0 Å². The van der Waals surface area contributed by atoms with Crippen LogP contribution >= 0.6 is 0 Å². The number of rotatable bonds is 18. The fourth-order valence-corrected chi connectivity index (χ4v) is 7.40. The molecule has 0 saturated heterocycles. The lowest BCUT2D eigenvalue weighted by Gasteiger charge is -2.33. The lowest BCUT2D eigenvalue weighted by molar-refractivity contribution is -0.128. The van der Waals surface area contributed by atoms with E-state index < -0.39 is 59.3 Å². The molecule has 0 radical (unpaired) electrons. The van der Waals surface area contributed by atoms with E-state index in [1.54, 1.807) is 12.3 Å². The maximum Gasteiger partial charge on any atom is 0.407 e. The second-order valence-electron chi connectivity index (χ2n) is 16.7. The van der Waals surface area contributed by atoms with Gasteiger partial charge in [-0.25, -0.2) is 9.59 Å². The third kappa shape index (κ3) is 12.4. The molecule has 0 spiro atoms. The third-order valence-electron chi connectivity index (χ3n) is 10.9. The first-order valence-electron chi connectivity index (χ1n) is 20.7. The number of ether oxygens (including phenoxy) is 1. The van der Waals surface area contributed by atoms with Crippen LogP contribution in [0.3, 0.4) is 0 Å². The number of nitrogens with zero attached hydrogens (tertiary/aromatic N) is 4. The molecule has 0 aliphatic heterocycles. The second kappa shape index (κ2) is 20.8. The number of benzene rings is 2. The first kappa shape index (κ1) is 45.8. The molecule has 0 aliphatic carbocycles. The second-order valence-corrected chi connectivity index (χ2v) is 16.7. The van der Waals surface area contributed by atoms with E-state index in [1.807, 2.05) is 126 Å². The van der Waals surface area contributed by atoms with Crippen LogP contribution in [-0.4, -0.2) is 78.6 Å². The highest BCUT2D eigenvalue weighted by Gasteiger charge is 2.36. The standard InChI is InChI=1S/C47H59N7O7/c1-8-30(2)41(54-29-40(56)53(46(54)60)28-35-18-14-15-31(3)49-35)43(57)51-38(26-32-16-10-9-11-17-32)39(55)27-36(50-44(58)42(47(4,5)6)52-45(59)61-7)25-33-20-22-34(23-21-33)37-19-12-13-24-48-37/h9-24,29-30,36,38-39,41-42,55-56H,8,25-28H2,1-7H3,(H,50,58)(H,51,57)(H,52,59)/t30?,36-,38-,39-,41-,42+/m0/s1. The highest BCUT2D eigenvalue weighted by molar-refractivity contribution is 5.86. The minimum atomic E-state index is -1.20. The Morgan fingerprint density at radius 1 is 0.852 bits per heavy atom. The van der Waals surface area contributed by atoms with Crippen LogP contribution in [-0.2, 0) is 33.7 Å². The molecule has 0 aliphatic rings. The van der Waals surface area contributed by atoms with Crippen molar-refractivity contribution in [2.75, 3.05) is 7.11 Å². The number of carbonyl (C=O) groups is 3. The van der Waals surface area contributed by atoms with Crippen LogP contribution in [0.15, 0.2) is 108 Å². The molecule has 5 N–H and O–H groups in total. The molecular formula is C47H59N7O7. The van der Waals surface area contributed by atoms with Crippen molar-refractivity contribution in [2.45, 2.75) is 104 Å². The number of aliphatic hydroxyl groups excluding tert-OH is 1. The molecule has 0 fully saturated rings. The van der Waals surface area contributed by atoms with Crippen molar-refractivity contribution in [2.24, 2.45) is 11.3 Å². The van der Waals surface area contributed by atoms with E-state index >= 15 is 0 Å². The zero-order chi connectivity index (χ0) is 44.3. The first-order chi connectivity index (χ1) is 29.1. The summed E-state index contributed by atoms with van der Waals surface area (Å²) in [6.45, 7) is 11.1. The molecule has 5 rings (SSSR count). The topological polar surface area (TPSA) is 190 Å². The van der Waals surface area contributed by atoms with Crippen molar-refractivity contribution < 1.29 is 29.3 Å². The summed E-state index contributed by atoms with van der Waals surface area (Å²) in [4.78, 5) is 63.8. The van der Waals surface area contributed by atoms with E-state index in [-0.39, 0.29) is 31.2 Å². The summed E-state index contributed by atoms with van der Waals surface area (Å²) in [6, 6.07) is 24.7. The summed E-state index contributed by atoms with van der Waals surface area (Å²) in [5.74, 6) is -1.64. The highest BCUT2D eigenvalue weighted by atomic mass is 16.5. The van der Waals surface area contributed by atoms with Gasteiger partial charge in [0.15, 0.2) is 0 Å². The van der Waals surface area contributed by atoms with Gasteiger partial charge >= 0.3 is 11.8 Å². The Morgan fingerprint density at radius 2 is 1.54 bits per heavy atom. The Labute approximate surface area is 357 Å². The summed E-state index contributed by atoms with van der Waals surface area (Å²) in [6.07, 6.45) is 2.11. The van der Waals surface area contributed by atoms with Gasteiger partial charge in [-0.3, -0.25) is 28.7 Å². The average Bonchev–Trinajstić information content (AvgIpc) is 3.50. The number of amides is 3. The highest BCUT2D eigenvalue weighted by Crippen LogP contribution is 2.26. The number of alkyl carbamates (subject to hydrolysis) is 1. The van der Waals surface area contributed by atoms with Gasteiger partial charge < -0.3 is 30.9 Å². The molecule has 3 aromatic heterocycles. The van der Waals surface area contributed by atoms with Crippen LogP contribution in [0.25, 0.3) is 11.3 Å². The van der Waals surface area contributed by atoms with Gasteiger partial charge in [0, 0.05) is 23.5 Å². The van der Waals surface area contributed by atoms with Crippen LogP contribution in [0.1, 0.15) is 76.0 Å². The van der Waals surface area contributed by atoms with Crippen molar-refractivity contribution in [1.29, 1.82) is 0 Å². The van der Waals surface area contributed by atoms with Crippen molar-refractivity contribution in [1.82, 2.24) is 35.1 Å². The van der Waals surface area contributed by atoms with Gasteiger partial charge in [0.25, 0.3) is 0 Å². The van der Waals surface area contributed by atoms with E-state index in [9.17, 15) is 29.4 Å². The minimum Gasteiger partial charge on any atom is -0.493 e. The Bertz CT molecular complexity index is 2270. The molecule has 14 nitrogen and oxygen atoms in total. The fraction of sp³-hybridized carbons (Fsp3) is 0.404. The van der Waals surface area contributed by atoms with E-state index in [4.69, 9.17) is 4.74 Å². The van der Waals surface area contributed by atoms with Gasteiger partial charge in [-0.05, 0) is 72.9 Å². The van der Waals surface area contributed by atoms with Crippen molar-refractivity contribution in [3.8, 4) is 17.1 Å². The number of aliphatic hydroxyl groups is 1. The Hall–Kier alpha value is -6.28. The van der Waals surface area contributed by atoms with Gasteiger partial charge in [-0.1, -0.05) is 108 Å². The predicted octanol–water partition coefficient (Wildman–Crippen LogP) is 5.73. The Kier molecular flexibility index (Phi) is 15.6. The molecule has 0 saturated carbocycles. The zero-order valence-corrected chi connectivity index (χ0v) is 36.0. The SMILES string of the molecule is CCC(C)[C@@H](C(=O)N[C@@H](Cc1ccccc1)[C@@H](O)C[C@H](Cc1ccc(-c2ccccn2)cc1)NC(=O)[C@@H](NC(=O)OC)C(C)(C)C)n1cc(O)n(Cc2cccc(C)n2)c1=O. The van der Waals surface area contributed by atoms with E-state index in [0.717, 1.165) is 28.1 Å². The molecule has 1 unspecified atom stereocenters. The number of aromatic nitrogens is 4. The zero-order valence-electron chi connectivity index (χ0n) is 36.0. The van der Waals surface area contributed by atoms with E-state index in [2.05, 4.69) is 25.9 Å². The maximum absolute atomic E-state index is 14.5. The molecule has 324 valence electrons. The van der Waals surface area contributed by atoms with Crippen molar-refractivity contribution >= 4 is 17.9 Å². The molecule has 61 heavy (non-hydrogen) atoms. The van der Waals surface area contributed by atoms with E-state index in [0.29, 0.717) is 18.5 Å². The van der Waals surface area contributed by atoms with Gasteiger partial charge in [0.1, 0.15) is 12.1 Å². The van der Waals surface area contributed by atoms with Gasteiger partial charge in [-0.2, -0.15) is 0 Å². The summed E-state index contributed by atoms with van der Waals surface area (Å²) < 4.78 is 7.26. The normalized spacial score (nSPS) is 14.5. The van der Waals surface area contributed by atoms with Gasteiger partial charge in [0.05, 0.1) is 43.4 Å². The largest absolute Gasteiger partial charge is 0.493 e. The number of carbonyl (C=O) groups excluding carboxylic acids is 3. The molecule has 6 atom stereocenters. The average molecular weight is 834 g/mol. The maximum atomic E-state index is 14.5. The van der Waals surface area contributed by atoms with Crippen LogP contribution < -0.4 is 21.6 Å². The number of pyridine rings is 2. The number of methoxy groups -OCH3 is 1. The van der Waals surface area contributed by atoms with Crippen LogP contribution in [0.2, 0.25) is 0 Å². The molecule has 3 heterocycles. The number of aryl methyl sites for hydroxylation is 1. The van der Waals surface area contributed by atoms with E-state index in [1.165, 1.54) is 22.4 Å². The number of nitrogens with one attached hydrogen (secondary N) is 3. The third-order valence-corrected chi connectivity index (χ3v) is 10.9. The van der Waals surface area contributed by atoms with Gasteiger partial charge in [-0.15, -0.1) is 0 Å². The van der Waals surface area contributed by atoms with Crippen LogP contribution in [0, 0.1) is 18.3 Å². The Balaban J connectivity index is 1.46. The number of hydrogen-bond donors (Lipinski definition) is 5. The van der Waals surface area contributed by atoms with Crippen LogP contribution in [0.5, 0.6) is 5.88 Å². The molecule has 5 aromatic rings. The summed E-state index contributed by atoms with van der Waals surface area (Å²) in [7, 11) is 1.23. The van der Waals surface area contributed by atoms with Gasteiger partial charge in [0.2, 0.25) is 17.7 Å². The Morgan fingerprint density at radius 3 is 2.16 bits per heavy atom. The molecule has 14 heteroatoms. The summed E-state index contributed by atoms with van der Waals surface area (Å²) in [5.41, 5.74) is 3.49. The number of imidazole rings is 1.